The summed E-state index contributed by atoms with van der Waals surface area (Å²) in [6.07, 6.45) is 0. The molecule has 4 nitrogen and oxygen atoms in total. The highest BCUT2D eigenvalue weighted by molar-refractivity contribution is 5.73. The summed E-state index contributed by atoms with van der Waals surface area (Å²) in [5.74, 6) is 0. The van der Waals surface area contributed by atoms with Gasteiger partial charge in [0, 0.05) is 20.2 Å². The molecular formula is C18H22N2O2. The third-order valence-corrected chi connectivity index (χ3v) is 3.56. The van der Waals surface area contributed by atoms with E-state index in [1.54, 1.807) is 7.11 Å². The molecular weight excluding hydrogens is 276 g/mol. The van der Waals surface area contributed by atoms with Crippen LogP contribution in [0.5, 0.6) is 0 Å². The number of methoxy groups -OCH3 is 1. The van der Waals surface area contributed by atoms with E-state index in [-0.39, 0.29) is 6.03 Å². The Labute approximate surface area is 131 Å². The van der Waals surface area contributed by atoms with Gasteiger partial charge in [0.15, 0.2) is 0 Å². The summed E-state index contributed by atoms with van der Waals surface area (Å²) in [5.41, 5.74) is 4.45. The molecule has 0 atom stereocenters. The first-order valence-electron chi connectivity index (χ1n) is 7.32. The molecule has 0 bridgehead atoms. The maximum Gasteiger partial charge on any atom is 0.315 e. The summed E-state index contributed by atoms with van der Waals surface area (Å²) in [6, 6.07) is 15.8. The number of carbonyl (C=O) groups is 1. The van der Waals surface area contributed by atoms with Gasteiger partial charge < -0.3 is 15.4 Å². The molecule has 2 rings (SSSR count). The number of urea groups is 1. The van der Waals surface area contributed by atoms with E-state index in [2.05, 4.69) is 10.6 Å². The fourth-order valence-corrected chi connectivity index (χ4v) is 2.25. The van der Waals surface area contributed by atoms with Crippen LogP contribution in [0.25, 0.3) is 0 Å². The predicted octanol–water partition coefficient (Wildman–Crippen LogP) is 3.14. The molecule has 0 aliphatic carbocycles. The largest absolute Gasteiger partial charge is 0.380 e. The fourth-order valence-electron chi connectivity index (χ4n) is 2.25. The predicted molar refractivity (Wildman–Crippen MR) is 87.4 cm³/mol. The second-order valence-corrected chi connectivity index (χ2v) is 5.16. The quantitative estimate of drug-likeness (QED) is 0.861. The van der Waals surface area contributed by atoms with E-state index in [1.807, 2.05) is 55.5 Å². The lowest BCUT2D eigenvalue weighted by atomic mass is 10.1. The molecule has 2 amide bonds. The van der Waals surface area contributed by atoms with Crippen LogP contribution >= 0.6 is 0 Å². The summed E-state index contributed by atoms with van der Waals surface area (Å²) in [5, 5.41) is 5.76. The maximum absolute atomic E-state index is 11.9. The highest BCUT2D eigenvalue weighted by Crippen LogP contribution is 2.09. The maximum atomic E-state index is 11.9. The molecule has 0 aromatic heterocycles. The fraction of sp³-hybridized carbons (Fsp3) is 0.278. The lowest BCUT2D eigenvalue weighted by Crippen LogP contribution is -2.34. The molecule has 0 aliphatic heterocycles. The molecule has 2 N–H and O–H groups in total. The lowest BCUT2D eigenvalue weighted by molar-refractivity contribution is 0.184. The van der Waals surface area contributed by atoms with E-state index in [0.717, 1.165) is 16.7 Å². The average molecular weight is 298 g/mol. The molecule has 0 saturated carbocycles. The van der Waals surface area contributed by atoms with Crippen LogP contribution in [0.2, 0.25) is 0 Å². The van der Waals surface area contributed by atoms with Crippen LogP contribution in [-0.4, -0.2) is 13.1 Å². The van der Waals surface area contributed by atoms with Crippen LogP contribution in [0, 0.1) is 6.92 Å². The van der Waals surface area contributed by atoms with Crippen molar-refractivity contribution < 1.29 is 9.53 Å². The molecule has 0 spiro atoms. The normalized spacial score (nSPS) is 10.3. The molecule has 2 aromatic rings. The van der Waals surface area contributed by atoms with Gasteiger partial charge in [-0.3, -0.25) is 0 Å². The van der Waals surface area contributed by atoms with Gasteiger partial charge in [-0.05, 0) is 29.2 Å². The van der Waals surface area contributed by atoms with E-state index < -0.39 is 0 Å². The first kappa shape index (κ1) is 16.0. The molecule has 22 heavy (non-hydrogen) atoms. The summed E-state index contributed by atoms with van der Waals surface area (Å²) in [7, 11) is 1.67. The van der Waals surface area contributed by atoms with Gasteiger partial charge in [0.1, 0.15) is 0 Å². The third kappa shape index (κ3) is 4.60. The summed E-state index contributed by atoms with van der Waals surface area (Å²) < 4.78 is 5.17. The summed E-state index contributed by atoms with van der Waals surface area (Å²) in [6.45, 7) is 3.59. The number of hydrogen-bond acceptors (Lipinski definition) is 2. The molecule has 0 unspecified atom stereocenters. The van der Waals surface area contributed by atoms with Gasteiger partial charge in [-0.1, -0.05) is 48.5 Å². The van der Waals surface area contributed by atoms with E-state index in [0.29, 0.717) is 19.7 Å². The number of benzene rings is 2. The van der Waals surface area contributed by atoms with E-state index in [4.69, 9.17) is 4.74 Å². The Morgan fingerprint density at radius 3 is 2.09 bits per heavy atom. The van der Waals surface area contributed by atoms with Gasteiger partial charge in [-0.2, -0.15) is 0 Å². The summed E-state index contributed by atoms with van der Waals surface area (Å²) >= 11 is 0. The second-order valence-electron chi connectivity index (χ2n) is 5.16. The Morgan fingerprint density at radius 2 is 1.45 bits per heavy atom. The lowest BCUT2D eigenvalue weighted by Gasteiger charge is -2.12. The SMILES string of the molecule is COCc1ccccc1CNC(=O)NCc1ccccc1C. The number of hydrogen-bond donors (Lipinski definition) is 2. The smallest absolute Gasteiger partial charge is 0.315 e. The molecule has 0 heterocycles. The number of rotatable bonds is 6. The van der Waals surface area contributed by atoms with E-state index in [9.17, 15) is 4.79 Å². The Hall–Kier alpha value is -2.33. The van der Waals surface area contributed by atoms with Gasteiger partial charge in [0.2, 0.25) is 0 Å². The number of nitrogens with one attached hydrogen (secondary N) is 2. The van der Waals surface area contributed by atoms with Crippen molar-refractivity contribution in [2.75, 3.05) is 7.11 Å². The van der Waals surface area contributed by atoms with Crippen molar-refractivity contribution in [3.63, 3.8) is 0 Å². The van der Waals surface area contributed by atoms with Gasteiger partial charge in [0.05, 0.1) is 6.61 Å². The van der Waals surface area contributed by atoms with Crippen LogP contribution < -0.4 is 10.6 Å². The topological polar surface area (TPSA) is 50.4 Å². The zero-order chi connectivity index (χ0) is 15.8. The zero-order valence-electron chi connectivity index (χ0n) is 13.1. The first-order chi connectivity index (χ1) is 10.7. The molecule has 0 fully saturated rings. The van der Waals surface area contributed by atoms with Crippen LogP contribution in [0.3, 0.4) is 0 Å². The minimum atomic E-state index is -0.171. The standard InChI is InChI=1S/C18H22N2O2/c1-14-7-3-4-8-15(14)11-19-18(21)20-12-16-9-5-6-10-17(16)13-22-2/h3-10H,11-13H2,1-2H3,(H2,19,20,21). The van der Waals surface area contributed by atoms with Gasteiger partial charge >= 0.3 is 6.03 Å². The summed E-state index contributed by atoms with van der Waals surface area (Å²) in [4.78, 5) is 11.9. The van der Waals surface area contributed by atoms with E-state index in [1.165, 1.54) is 5.56 Å². The van der Waals surface area contributed by atoms with Crippen molar-refractivity contribution in [2.24, 2.45) is 0 Å². The Morgan fingerprint density at radius 1 is 0.909 bits per heavy atom. The minimum absolute atomic E-state index is 0.171. The third-order valence-electron chi connectivity index (χ3n) is 3.56. The van der Waals surface area contributed by atoms with Crippen molar-refractivity contribution in [3.8, 4) is 0 Å². The Bertz CT molecular complexity index is 626. The first-order valence-corrected chi connectivity index (χ1v) is 7.32. The Kier molecular flexibility index (Phi) is 5.98. The zero-order valence-corrected chi connectivity index (χ0v) is 13.1. The van der Waals surface area contributed by atoms with Crippen molar-refractivity contribution >= 4 is 6.03 Å². The average Bonchev–Trinajstić information content (AvgIpc) is 2.53. The molecule has 4 heteroatoms. The van der Waals surface area contributed by atoms with Crippen molar-refractivity contribution in [1.82, 2.24) is 10.6 Å². The highest BCUT2D eigenvalue weighted by atomic mass is 16.5. The van der Waals surface area contributed by atoms with Crippen LogP contribution in [0.4, 0.5) is 4.79 Å². The molecule has 0 aliphatic rings. The van der Waals surface area contributed by atoms with Crippen molar-refractivity contribution in [2.45, 2.75) is 26.6 Å². The van der Waals surface area contributed by atoms with Gasteiger partial charge in [0.25, 0.3) is 0 Å². The van der Waals surface area contributed by atoms with Crippen molar-refractivity contribution in [1.29, 1.82) is 0 Å². The van der Waals surface area contributed by atoms with Gasteiger partial charge in [-0.25, -0.2) is 4.79 Å². The molecule has 116 valence electrons. The molecule has 2 aromatic carbocycles. The highest BCUT2D eigenvalue weighted by Gasteiger charge is 2.05. The van der Waals surface area contributed by atoms with E-state index >= 15 is 0 Å². The Balaban J connectivity index is 1.84. The van der Waals surface area contributed by atoms with Crippen LogP contribution in [0.15, 0.2) is 48.5 Å². The van der Waals surface area contributed by atoms with Crippen molar-refractivity contribution in [3.05, 3.63) is 70.8 Å². The number of carbonyl (C=O) groups excluding carboxylic acids is 1. The number of aryl methyl sites for hydroxylation is 1. The minimum Gasteiger partial charge on any atom is -0.380 e. The number of ether oxygens (including phenoxy) is 1. The van der Waals surface area contributed by atoms with Crippen LogP contribution in [0.1, 0.15) is 22.3 Å². The monoisotopic (exact) mass is 298 g/mol. The van der Waals surface area contributed by atoms with Crippen LogP contribution in [-0.2, 0) is 24.4 Å². The molecule has 0 radical (unpaired) electrons. The molecule has 0 saturated heterocycles. The number of amides is 2. The van der Waals surface area contributed by atoms with Gasteiger partial charge in [-0.15, -0.1) is 0 Å². The second kappa shape index (κ2) is 8.20.